The molecule has 1 amide bonds. The summed E-state index contributed by atoms with van der Waals surface area (Å²) in [6.45, 7) is 2.09. The molecule has 1 aliphatic heterocycles. The van der Waals surface area contributed by atoms with Crippen molar-refractivity contribution in [1.29, 1.82) is 0 Å². The zero-order chi connectivity index (χ0) is 16.2. The fourth-order valence-electron chi connectivity index (χ4n) is 2.50. The van der Waals surface area contributed by atoms with Crippen molar-refractivity contribution in [2.24, 2.45) is 4.99 Å². The van der Waals surface area contributed by atoms with Crippen LogP contribution in [0.25, 0.3) is 6.08 Å². The van der Waals surface area contributed by atoms with Gasteiger partial charge >= 0.3 is 0 Å². The molecule has 1 heterocycles. The first-order chi connectivity index (χ1) is 11.1. The zero-order valence-corrected chi connectivity index (χ0v) is 13.6. The first-order valence-electron chi connectivity index (χ1n) is 7.52. The van der Waals surface area contributed by atoms with E-state index in [0.717, 1.165) is 17.8 Å². The van der Waals surface area contributed by atoms with Crippen LogP contribution in [0, 0.1) is 6.92 Å². The summed E-state index contributed by atoms with van der Waals surface area (Å²) >= 11 is 5.86. The maximum atomic E-state index is 12.0. The molecular weight excluding hydrogens is 308 g/mol. The second kappa shape index (κ2) is 6.80. The molecule has 0 radical (unpaired) electrons. The number of hydrogen-bond acceptors (Lipinski definition) is 2. The Balaban J connectivity index is 1.71. The molecule has 0 aromatic heterocycles. The number of rotatable bonds is 4. The van der Waals surface area contributed by atoms with Crippen LogP contribution in [0.1, 0.15) is 23.1 Å². The fraction of sp³-hybridized carbons (Fsp3) is 0.158. The number of nitrogens with one attached hydrogen (secondary N) is 1. The minimum absolute atomic E-state index is 0.153. The highest BCUT2D eigenvalue weighted by Gasteiger charge is 2.19. The first-order valence-corrected chi connectivity index (χ1v) is 7.90. The van der Waals surface area contributed by atoms with Crippen LogP contribution in [0.4, 0.5) is 0 Å². The van der Waals surface area contributed by atoms with E-state index >= 15 is 0 Å². The number of nitrogens with zero attached hydrogens (tertiary/aromatic N) is 1. The second-order valence-corrected chi connectivity index (χ2v) is 5.96. The van der Waals surface area contributed by atoms with Gasteiger partial charge in [-0.25, -0.2) is 4.99 Å². The maximum absolute atomic E-state index is 12.0. The van der Waals surface area contributed by atoms with Crippen LogP contribution in [0.15, 0.2) is 59.2 Å². The van der Waals surface area contributed by atoms with Crippen molar-refractivity contribution in [1.82, 2.24) is 5.32 Å². The normalized spacial score (nSPS) is 15.7. The van der Waals surface area contributed by atoms with Crippen LogP contribution < -0.4 is 5.32 Å². The standard InChI is InChI=1S/C19H17ClN2O/c1-13-4-2-3-5-15(13)8-11-18-21-17(19(23)22-18)12-14-6-9-16(20)10-7-14/h2-7,9-10,12H,8,11H2,1H3,(H,21,22,23)/b17-12+. The molecule has 3 rings (SSSR count). The largest absolute Gasteiger partial charge is 0.309 e. The predicted molar refractivity (Wildman–Crippen MR) is 94.5 cm³/mol. The number of amidine groups is 1. The van der Waals surface area contributed by atoms with Crippen LogP contribution in [0.5, 0.6) is 0 Å². The van der Waals surface area contributed by atoms with Gasteiger partial charge in [-0.05, 0) is 48.2 Å². The molecule has 0 unspecified atom stereocenters. The number of carbonyl (C=O) groups is 1. The molecule has 0 aliphatic carbocycles. The highest BCUT2D eigenvalue weighted by atomic mass is 35.5. The van der Waals surface area contributed by atoms with Crippen LogP contribution in [0.2, 0.25) is 5.02 Å². The smallest absolute Gasteiger partial charge is 0.275 e. The first kappa shape index (κ1) is 15.5. The van der Waals surface area contributed by atoms with Gasteiger partial charge in [0.1, 0.15) is 11.5 Å². The minimum Gasteiger partial charge on any atom is -0.309 e. The maximum Gasteiger partial charge on any atom is 0.275 e. The Morgan fingerprint density at radius 2 is 1.83 bits per heavy atom. The van der Waals surface area contributed by atoms with Crippen molar-refractivity contribution < 1.29 is 4.79 Å². The molecule has 1 N–H and O–H groups in total. The van der Waals surface area contributed by atoms with E-state index in [1.54, 1.807) is 18.2 Å². The minimum atomic E-state index is -0.153. The summed E-state index contributed by atoms with van der Waals surface area (Å²) in [6, 6.07) is 15.6. The summed E-state index contributed by atoms with van der Waals surface area (Å²) < 4.78 is 0. The van der Waals surface area contributed by atoms with Gasteiger partial charge in [0.15, 0.2) is 0 Å². The highest BCUT2D eigenvalue weighted by Crippen LogP contribution is 2.17. The van der Waals surface area contributed by atoms with Gasteiger partial charge in [-0.3, -0.25) is 4.79 Å². The van der Waals surface area contributed by atoms with Crippen LogP contribution >= 0.6 is 11.6 Å². The predicted octanol–water partition coefficient (Wildman–Crippen LogP) is 4.15. The average molecular weight is 325 g/mol. The number of halogens is 1. The number of hydrogen-bond donors (Lipinski definition) is 1. The average Bonchev–Trinajstić information content (AvgIpc) is 2.89. The Morgan fingerprint density at radius 1 is 1.09 bits per heavy atom. The quantitative estimate of drug-likeness (QED) is 0.843. The van der Waals surface area contributed by atoms with Gasteiger partial charge < -0.3 is 5.32 Å². The van der Waals surface area contributed by atoms with Gasteiger partial charge in [0, 0.05) is 11.4 Å². The highest BCUT2D eigenvalue weighted by molar-refractivity contribution is 6.30. The second-order valence-electron chi connectivity index (χ2n) is 5.52. The number of amides is 1. The number of aryl methyl sites for hydroxylation is 2. The van der Waals surface area contributed by atoms with E-state index in [9.17, 15) is 4.79 Å². The van der Waals surface area contributed by atoms with Gasteiger partial charge in [-0.1, -0.05) is 48.0 Å². The van der Waals surface area contributed by atoms with E-state index in [1.165, 1.54) is 11.1 Å². The molecule has 0 saturated carbocycles. The SMILES string of the molecule is Cc1ccccc1CCC1=N/C(=C/c2ccc(Cl)cc2)C(=O)N1. The lowest BCUT2D eigenvalue weighted by Crippen LogP contribution is -2.24. The summed E-state index contributed by atoms with van der Waals surface area (Å²) in [4.78, 5) is 16.4. The molecule has 116 valence electrons. The van der Waals surface area contributed by atoms with Crippen molar-refractivity contribution in [3.63, 3.8) is 0 Å². The van der Waals surface area contributed by atoms with E-state index in [2.05, 4.69) is 29.4 Å². The molecule has 23 heavy (non-hydrogen) atoms. The van der Waals surface area contributed by atoms with Crippen molar-refractivity contribution >= 4 is 29.4 Å². The van der Waals surface area contributed by atoms with E-state index in [0.29, 0.717) is 17.1 Å². The summed E-state index contributed by atoms with van der Waals surface area (Å²) in [5.74, 6) is 0.568. The molecule has 0 saturated heterocycles. The molecule has 1 aliphatic rings. The Bertz CT molecular complexity index is 791. The fourth-order valence-corrected chi connectivity index (χ4v) is 2.62. The van der Waals surface area contributed by atoms with E-state index in [4.69, 9.17) is 11.6 Å². The van der Waals surface area contributed by atoms with E-state index in [1.807, 2.05) is 24.3 Å². The molecule has 0 fully saturated rings. The Hall–Kier alpha value is -2.39. The summed E-state index contributed by atoms with van der Waals surface area (Å²) in [7, 11) is 0. The molecule has 2 aromatic carbocycles. The van der Waals surface area contributed by atoms with Gasteiger partial charge in [0.25, 0.3) is 5.91 Å². The zero-order valence-electron chi connectivity index (χ0n) is 12.8. The lowest BCUT2D eigenvalue weighted by Gasteiger charge is -2.04. The Labute approximate surface area is 140 Å². The monoisotopic (exact) mass is 324 g/mol. The number of aliphatic imine (C=N–C) groups is 1. The molecule has 4 heteroatoms. The summed E-state index contributed by atoms with van der Waals surface area (Å²) in [5.41, 5.74) is 3.88. The summed E-state index contributed by atoms with van der Waals surface area (Å²) in [5, 5.41) is 3.51. The molecule has 3 nitrogen and oxygen atoms in total. The van der Waals surface area contributed by atoms with Gasteiger partial charge in [-0.15, -0.1) is 0 Å². The molecule has 0 spiro atoms. The molecule has 0 bridgehead atoms. The van der Waals surface area contributed by atoms with Crippen LogP contribution in [-0.2, 0) is 11.2 Å². The van der Waals surface area contributed by atoms with E-state index in [-0.39, 0.29) is 5.91 Å². The molecule has 0 atom stereocenters. The Morgan fingerprint density at radius 3 is 2.57 bits per heavy atom. The van der Waals surface area contributed by atoms with E-state index < -0.39 is 0 Å². The lowest BCUT2D eigenvalue weighted by molar-refractivity contribution is -0.115. The third-order valence-corrected chi connectivity index (χ3v) is 4.06. The Kier molecular flexibility index (Phi) is 4.58. The van der Waals surface area contributed by atoms with Crippen LogP contribution in [0.3, 0.4) is 0 Å². The third kappa shape index (κ3) is 3.88. The number of carbonyl (C=O) groups excluding carboxylic acids is 1. The van der Waals surface area contributed by atoms with Crippen LogP contribution in [-0.4, -0.2) is 11.7 Å². The topological polar surface area (TPSA) is 41.5 Å². The van der Waals surface area contributed by atoms with Gasteiger partial charge in [0.05, 0.1) is 0 Å². The lowest BCUT2D eigenvalue weighted by atomic mass is 10.0. The molecular formula is C19H17ClN2O. The third-order valence-electron chi connectivity index (χ3n) is 3.81. The van der Waals surface area contributed by atoms with Crippen molar-refractivity contribution in [3.05, 3.63) is 75.9 Å². The van der Waals surface area contributed by atoms with Crippen molar-refractivity contribution in [3.8, 4) is 0 Å². The molecule has 2 aromatic rings. The van der Waals surface area contributed by atoms with Crippen molar-refractivity contribution in [2.45, 2.75) is 19.8 Å². The van der Waals surface area contributed by atoms with Gasteiger partial charge in [-0.2, -0.15) is 0 Å². The van der Waals surface area contributed by atoms with Crippen molar-refractivity contribution in [2.75, 3.05) is 0 Å². The number of benzene rings is 2. The summed E-state index contributed by atoms with van der Waals surface area (Å²) in [6.07, 6.45) is 3.35. The van der Waals surface area contributed by atoms with Gasteiger partial charge in [0.2, 0.25) is 0 Å².